The van der Waals surface area contributed by atoms with Crippen LogP contribution in [0.1, 0.15) is 12.8 Å². The van der Waals surface area contributed by atoms with E-state index in [1.54, 1.807) is 7.06 Å². The number of amides is 1. The summed E-state index contributed by atoms with van der Waals surface area (Å²) in [7, 11) is 1.69. The van der Waals surface area contributed by atoms with Gasteiger partial charge in [0.2, 0.25) is 0 Å². The van der Waals surface area contributed by atoms with E-state index in [2.05, 4.69) is 5.23 Å². The van der Waals surface area contributed by atoms with Gasteiger partial charge in [0, 0.05) is 0 Å². The molecule has 0 radical (unpaired) electrons. The Morgan fingerprint density at radius 1 is 1.86 bits per heavy atom. The van der Waals surface area contributed by atoms with Crippen LogP contribution >= 0.6 is 0 Å². The number of nitrogens with one attached hydrogen (secondary N) is 1. The standard InChI is InChI=1S/C4H6BNO/c7-4-2-1-3-5-6-4/h3H,1-2H2,(H,6,7). The van der Waals surface area contributed by atoms with Crippen molar-refractivity contribution in [1.82, 2.24) is 5.23 Å². The van der Waals surface area contributed by atoms with Gasteiger partial charge in [-0.1, -0.05) is 0 Å². The van der Waals surface area contributed by atoms with Gasteiger partial charge in [0.25, 0.3) is 0 Å². The maximum absolute atomic E-state index is 10.3. The summed E-state index contributed by atoms with van der Waals surface area (Å²) in [5, 5.41) is 2.56. The van der Waals surface area contributed by atoms with Crippen molar-refractivity contribution >= 4 is 18.9 Å². The van der Waals surface area contributed by atoms with Gasteiger partial charge in [0.15, 0.2) is 0 Å². The van der Waals surface area contributed by atoms with Gasteiger partial charge in [-0.15, -0.1) is 0 Å². The molecule has 36 valence electrons. The Labute approximate surface area is 42.8 Å². The maximum atomic E-state index is 10.3. The fourth-order valence-corrected chi connectivity index (χ4v) is 0.522. The molecule has 7 heavy (non-hydrogen) atoms. The van der Waals surface area contributed by atoms with Crippen molar-refractivity contribution in [3.05, 3.63) is 0 Å². The second kappa shape index (κ2) is 1.91. The molecule has 0 aromatic carbocycles. The zero-order valence-corrected chi connectivity index (χ0v) is 3.98. The van der Waals surface area contributed by atoms with Gasteiger partial charge in [0.1, 0.15) is 0 Å². The molecular formula is C4H6BNO. The molecule has 1 rings (SSSR count). The van der Waals surface area contributed by atoms with E-state index in [1.807, 2.05) is 5.97 Å². The molecule has 0 aromatic heterocycles. The zero-order chi connectivity index (χ0) is 5.11. The molecule has 0 fully saturated rings. The van der Waals surface area contributed by atoms with E-state index < -0.39 is 0 Å². The molecule has 0 bridgehead atoms. The van der Waals surface area contributed by atoms with Crippen LogP contribution in [0.5, 0.6) is 0 Å². The Morgan fingerprint density at radius 3 is 3.00 bits per heavy atom. The van der Waals surface area contributed by atoms with Crippen LogP contribution in [0.15, 0.2) is 0 Å². The van der Waals surface area contributed by atoms with Gasteiger partial charge in [-0.2, -0.15) is 0 Å². The van der Waals surface area contributed by atoms with E-state index in [0.29, 0.717) is 6.42 Å². The van der Waals surface area contributed by atoms with Crippen LogP contribution in [-0.2, 0) is 4.79 Å². The van der Waals surface area contributed by atoms with Crippen molar-refractivity contribution in [3.8, 4) is 0 Å². The molecule has 1 amide bonds. The van der Waals surface area contributed by atoms with E-state index in [-0.39, 0.29) is 5.91 Å². The van der Waals surface area contributed by atoms with Crippen LogP contribution in [0.2, 0.25) is 0 Å². The summed E-state index contributed by atoms with van der Waals surface area (Å²) in [6.45, 7) is 0. The van der Waals surface area contributed by atoms with E-state index in [9.17, 15) is 4.79 Å². The number of hydrogen-bond acceptors (Lipinski definition) is 1. The summed E-state index contributed by atoms with van der Waals surface area (Å²) in [6, 6.07) is 0. The normalized spacial score (nSPS) is 18.0. The Bertz CT molecular complexity index is 110. The molecule has 0 unspecified atom stereocenters. The Kier molecular flexibility index (Phi) is 1.25. The van der Waals surface area contributed by atoms with Crippen LogP contribution in [-0.4, -0.2) is 18.9 Å². The average molecular weight is 94.9 g/mol. The third-order valence-corrected chi connectivity index (χ3v) is 0.900. The Morgan fingerprint density at radius 2 is 2.71 bits per heavy atom. The Balaban J connectivity index is 2.47. The number of hydrogen-bond donors (Lipinski definition) is 1. The van der Waals surface area contributed by atoms with Crippen molar-refractivity contribution < 1.29 is 4.79 Å². The summed E-state index contributed by atoms with van der Waals surface area (Å²) < 4.78 is 0. The predicted octanol–water partition coefficient (Wildman–Crippen LogP) is -0.682. The molecular weight excluding hydrogens is 88.9 g/mol. The third-order valence-electron chi connectivity index (χ3n) is 0.900. The summed E-state index contributed by atoms with van der Waals surface area (Å²) in [5.41, 5.74) is 0. The summed E-state index contributed by atoms with van der Waals surface area (Å²) in [4.78, 5) is 10.3. The molecule has 0 saturated carbocycles. The molecule has 0 spiro atoms. The SMILES string of the molecule is O=C1CCC=BN1. The first-order chi connectivity index (χ1) is 3.39. The van der Waals surface area contributed by atoms with Crippen LogP contribution in [0.25, 0.3) is 0 Å². The van der Waals surface area contributed by atoms with Crippen LogP contribution in [0.3, 0.4) is 0 Å². The van der Waals surface area contributed by atoms with E-state index in [1.165, 1.54) is 0 Å². The Hall–Kier alpha value is -0.595. The molecule has 1 aliphatic heterocycles. The van der Waals surface area contributed by atoms with Crippen molar-refractivity contribution in [3.63, 3.8) is 0 Å². The monoisotopic (exact) mass is 95.1 g/mol. The number of rotatable bonds is 0. The zero-order valence-electron chi connectivity index (χ0n) is 3.98. The molecule has 1 heterocycles. The summed E-state index contributed by atoms with van der Waals surface area (Å²) >= 11 is 0. The first-order valence-corrected chi connectivity index (χ1v) is 2.34. The molecule has 0 aromatic rings. The van der Waals surface area contributed by atoms with Gasteiger partial charge < -0.3 is 0 Å². The van der Waals surface area contributed by atoms with Gasteiger partial charge in [-0.3, -0.25) is 0 Å². The van der Waals surface area contributed by atoms with E-state index in [0.717, 1.165) is 6.42 Å². The van der Waals surface area contributed by atoms with Crippen molar-refractivity contribution in [2.24, 2.45) is 0 Å². The van der Waals surface area contributed by atoms with Gasteiger partial charge in [0.05, 0.1) is 0 Å². The fraction of sp³-hybridized carbons (Fsp3) is 0.500. The average Bonchev–Trinajstić information content (AvgIpc) is 1.69. The van der Waals surface area contributed by atoms with Crippen molar-refractivity contribution in [2.75, 3.05) is 0 Å². The molecule has 0 saturated heterocycles. The molecule has 1 N–H and O–H groups in total. The molecule has 3 heteroatoms. The molecule has 0 aliphatic carbocycles. The minimum absolute atomic E-state index is 0.127. The van der Waals surface area contributed by atoms with E-state index in [4.69, 9.17) is 0 Å². The second-order valence-electron chi connectivity index (χ2n) is 1.51. The topological polar surface area (TPSA) is 29.1 Å². The van der Waals surface area contributed by atoms with Crippen molar-refractivity contribution in [2.45, 2.75) is 12.8 Å². The second-order valence-corrected chi connectivity index (χ2v) is 1.51. The van der Waals surface area contributed by atoms with Gasteiger partial charge >= 0.3 is 41.8 Å². The third kappa shape index (κ3) is 1.14. The van der Waals surface area contributed by atoms with Crippen LogP contribution in [0.4, 0.5) is 0 Å². The summed E-state index contributed by atoms with van der Waals surface area (Å²) in [6.07, 6.45) is 1.54. The van der Waals surface area contributed by atoms with Crippen LogP contribution in [0, 0.1) is 0 Å². The van der Waals surface area contributed by atoms with E-state index >= 15 is 0 Å². The van der Waals surface area contributed by atoms with Gasteiger partial charge in [-0.05, 0) is 0 Å². The molecule has 1 aliphatic rings. The molecule has 0 atom stereocenters. The number of carbonyl (C=O) groups excluding carboxylic acids is 1. The summed E-state index contributed by atoms with van der Waals surface area (Å²) in [5.74, 6) is 2.07. The van der Waals surface area contributed by atoms with Crippen LogP contribution < -0.4 is 5.23 Å². The quantitative estimate of drug-likeness (QED) is 0.396. The van der Waals surface area contributed by atoms with Crippen molar-refractivity contribution in [1.29, 1.82) is 0 Å². The fourth-order valence-electron chi connectivity index (χ4n) is 0.522. The first-order valence-electron chi connectivity index (χ1n) is 2.34. The minimum atomic E-state index is 0.127. The molecule has 2 nitrogen and oxygen atoms in total. The first kappa shape index (κ1) is 4.56. The predicted molar refractivity (Wildman–Crippen MR) is 29.2 cm³/mol. The van der Waals surface area contributed by atoms with Gasteiger partial charge in [-0.25, -0.2) is 0 Å². The number of carbonyl (C=O) groups is 1.